The zero-order chi connectivity index (χ0) is 17.1. The summed E-state index contributed by atoms with van der Waals surface area (Å²) < 4.78 is 0. The number of H-pyrrole nitrogens is 1. The van der Waals surface area contributed by atoms with Gasteiger partial charge in [-0.05, 0) is 36.8 Å². The first-order valence-electron chi connectivity index (χ1n) is 9.39. The van der Waals surface area contributed by atoms with E-state index in [1.165, 1.54) is 10.9 Å². The van der Waals surface area contributed by atoms with Crippen molar-refractivity contribution in [2.24, 2.45) is 17.8 Å². The molecule has 5 nitrogen and oxygen atoms in total. The molecule has 1 aliphatic carbocycles. The van der Waals surface area contributed by atoms with Gasteiger partial charge >= 0.3 is 5.97 Å². The number of nitrogens with zero attached hydrogens (tertiary/aromatic N) is 1. The summed E-state index contributed by atoms with van der Waals surface area (Å²) in [4.78, 5) is 17.7. The Morgan fingerprint density at radius 3 is 2.92 bits per heavy atom. The maximum Gasteiger partial charge on any atom is 0.306 e. The summed E-state index contributed by atoms with van der Waals surface area (Å²) in [6.07, 6.45) is 3.06. The summed E-state index contributed by atoms with van der Waals surface area (Å²) in [6.45, 7) is 1.85. The van der Waals surface area contributed by atoms with Crippen LogP contribution in [0.15, 0.2) is 24.3 Å². The van der Waals surface area contributed by atoms with E-state index in [4.69, 9.17) is 0 Å². The summed E-state index contributed by atoms with van der Waals surface area (Å²) in [6, 6.07) is 8.20. The highest BCUT2D eigenvalue weighted by atomic mass is 16.4. The average Bonchev–Trinajstić information content (AvgIpc) is 2.99. The fourth-order valence-corrected chi connectivity index (χ4v) is 5.75. The van der Waals surface area contributed by atoms with Gasteiger partial charge < -0.3 is 15.2 Å². The zero-order valence-electron chi connectivity index (χ0n) is 14.2. The molecule has 3 heterocycles. The first-order chi connectivity index (χ1) is 12.1. The molecule has 1 saturated carbocycles. The molecule has 2 aliphatic heterocycles. The van der Waals surface area contributed by atoms with Gasteiger partial charge in [-0.25, -0.2) is 0 Å². The highest BCUT2D eigenvalue weighted by Gasteiger charge is 2.51. The molecular weight excluding hydrogens is 316 g/mol. The molecule has 0 spiro atoms. The highest BCUT2D eigenvalue weighted by molar-refractivity contribution is 5.85. The number of piperidine rings is 1. The van der Waals surface area contributed by atoms with Crippen LogP contribution in [0.3, 0.4) is 0 Å². The van der Waals surface area contributed by atoms with Crippen molar-refractivity contribution in [1.82, 2.24) is 9.88 Å². The third-order valence-corrected chi connectivity index (χ3v) is 6.79. The molecule has 0 bridgehead atoms. The van der Waals surface area contributed by atoms with Crippen molar-refractivity contribution in [3.05, 3.63) is 35.5 Å². The summed E-state index contributed by atoms with van der Waals surface area (Å²) >= 11 is 0. The molecule has 3 aliphatic rings. The fourth-order valence-electron chi connectivity index (χ4n) is 5.75. The van der Waals surface area contributed by atoms with Gasteiger partial charge in [0.2, 0.25) is 0 Å². The maximum absolute atomic E-state index is 11.8. The van der Waals surface area contributed by atoms with E-state index in [1.807, 2.05) is 6.07 Å². The van der Waals surface area contributed by atoms with Crippen LogP contribution in [-0.2, 0) is 11.2 Å². The number of aliphatic hydroxyl groups is 1. The van der Waals surface area contributed by atoms with Gasteiger partial charge in [0.1, 0.15) is 0 Å². The summed E-state index contributed by atoms with van der Waals surface area (Å²) in [5.74, 6) is -0.988. The molecule has 132 valence electrons. The Hall–Kier alpha value is -1.85. The van der Waals surface area contributed by atoms with Gasteiger partial charge in [0.25, 0.3) is 0 Å². The number of fused-ring (bicyclic) bond motifs is 6. The predicted molar refractivity (Wildman–Crippen MR) is 94.3 cm³/mol. The Balaban J connectivity index is 1.59. The van der Waals surface area contributed by atoms with Crippen LogP contribution in [0.2, 0.25) is 0 Å². The molecule has 0 amide bonds. The van der Waals surface area contributed by atoms with E-state index < -0.39 is 18.0 Å². The lowest BCUT2D eigenvalue weighted by Gasteiger charge is -2.52. The minimum Gasteiger partial charge on any atom is -0.481 e. The van der Waals surface area contributed by atoms with Crippen LogP contribution < -0.4 is 0 Å². The third-order valence-electron chi connectivity index (χ3n) is 6.79. The number of aliphatic hydroxyl groups excluding tert-OH is 1. The molecule has 2 fully saturated rings. The van der Waals surface area contributed by atoms with E-state index in [1.54, 1.807) is 0 Å². The van der Waals surface area contributed by atoms with Crippen molar-refractivity contribution in [1.29, 1.82) is 0 Å². The van der Waals surface area contributed by atoms with Crippen molar-refractivity contribution < 1.29 is 15.0 Å². The molecule has 3 N–H and O–H groups in total. The van der Waals surface area contributed by atoms with Gasteiger partial charge in [0.15, 0.2) is 0 Å². The number of hydrogen-bond donors (Lipinski definition) is 3. The van der Waals surface area contributed by atoms with Gasteiger partial charge in [-0.3, -0.25) is 9.69 Å². The second-order valence-electron chi connectivity index (χ2n) is 7.96. The number of carboxylic acid groups (broad SMARTS) is 1. The molecule has 1 aromatic heterocycles. The minimum atomic E-state index is -0.741. The predicted octanol–water partition coefficient (Wildman–Crippen LogP) is 2.56. The Labute approximate surface area is 146 Å². The maximum atomic E-state index is 11.8. The Morgan fingerprint density at radius 2 is 2.08 bits per heavy atom. The number of para-hydroxylation sites is 1. The lowest BCUT2D eigenvalue weighted by molar-refractivity contribution is -0.157. The lowest BCUT2D eigenvalue weighted by Crippen LogP contribution is -2.57. The van der Waals surface area contributed by atoms with Crippen LogP contribution in [0, 0.1) is 17.8 Å². The highest BCUT2D eigenvalue weighted by Crippen LogP contribution is 2.49. The molecule has 0 radical (unpaired) electrons. The smallest absolute Gasteiger partial charge is 0.306 e. The second kappa shape index (κ2) is 5.58. The Bertz CT molecular complexity index is 829. The van der Waals surface area contributed by atoms with E-state index in [0.717, 1.165) is 43.6 Å². The van der Waals surface area contributed by atoms with E-state index in [9.17, 15) is 15.0 Å². The van der Waals surface area contributed by atoms with Crippen LogP contribution >= 0.6 is 0 Å². The van der Waals surface area contributed by atoms with Gasteiger partial charge in [0, 0.05) is 35.6 Å². The van der Waals surface area contributed by atoms with E-state index in [2.05, 4.69) is 28.1 Å². The Morgan fingerprint density at radius 1 is 1.24 bits per heavy atom. The number of carboxylic acids is 1. The van der Waals surface area contributed by atoms with Gasteiger partial charge in [-0.2, -0.15) is 0 Å². The van der Waals surface area contributed by atoms with E-state index >= 15 is 0 Å². The van der Waals surface area contributed by atoms with Gasteiger partial charge in [-0.15, -0.1) is 0 Å². The van der Waals surface area contributed by atoms with E-state index in [-0.39, 0.29) is 12.0 Å². The summed E-state index contributed by atoms with van der Waals surface area (Å²) in [5.41, 5.74) is 3.52. The largest absolute Gasteiger partial charge is 0.481 e. The van der Waals surface area contributed by atoms with E-state index in [0.29, 0.717) is 12.3 Å². The standard InChI is InChI=1S/C20H24N2O3/c23-19-16-11(4-3-6-14(16)20(24)25)10-22-9-8-13-12-5-1-2-7-15(12)21-17(13)18(19)22/h1-2,5,7,11,14,16,18-19,21,23H,3-4,6,8-10H2,(H,24,25)/t11-,14-,16+,18-,19-/m1/s1. The monoisotopic (exact) mass is 340 g/mol. The third kappa shape index (κ3) is 2.19. The average molecular weight is 340 g/mol. The second-order valence-corrected chi connectivity index (χ2v) is 7.96. The number of aliphatic carboxylic acids is 1. The number of hydrogen-bond acceptors (Lipinski definition) is 3. The molecule has 1 saturated heterocycles. The van der Waals surface area contributed by atoms with Crippen molar-refractivity contribution in [2.75, 3.05) is 13.1 Å². The summed E-state index contributed by atoms with van der Waals surface area (Å²) in [5, 5.41) is 22.2. The number of aromatic nitrogens is 1. The normalized spacial score (nSPS) is 35.0. The first-order valence-corrected chi connectivity index (χ1v) is 9.39. The van der Waals surface area contributed by atoms with Crippen molar-refractivity contribution in [3.63, 3.8) is 0 Å². The molecule has 5 rings (SSSR count). The molecule has 1 aromatic carbocycles. The molecular formula is C20H24N2O3. The van der Waals surface area contributed by atoms with Crippen LogP contribution in [-0.4, -0.2) is 45.3 Å². The van der Waals surface area contributed by atoms with Crippen LogP contribution in [0.25, 0.3) is 10.9 Å². The van der Waals surface area contributed by atoms with Crippen LogP contribution in [0.5, 0.6) is 0 Å². The van der Waals surface area contributed by atoms with Crippen LogP contribution in [0.1, 0.15) is 36.6 Å². The SMILES string of the molecule is O=C(O)[C@@H]1CCC[C@@H]2CN3CCc4c([nH]c5ccccc45)[C@@H]3[C@H](O)[C@@H]21. The number of benzene rings is 1. The van der Waals surface area contributed by atoms with Gasteiger partial charge in [-0.1, -0.05) is 24.6 Å². The fraction of sp³-hybridized carbons (Fsp3) is 0.550. The zero-order valence-corrected chi connectivity index (χ0v) is 14.2. The number of carbonyl (C=O) groups is 1. The molecule has 2 aromatic rings. The molecule has 5 heteroatoms. The van der Waals surface area contributed by atoms with Crippen molar-refractivity contribution in [3.8, 4) is 0 Å². The van der Waals surface area contributed by atoms with Crippen molar-refractivity contribution >= 4 is 16.9 Å². The minimum absolute atomic E-state index is 0.0997. The van der Waals surface area contributed by atoms with Crippen LogP contribution in [0.4, 0.5) is 0 Å². The molecule has 5 atom stereocenters. The van der Waals surface area contributed by atoms with Crippen molar-refractivity contribution in [2.45, 2.75) is 37.8 Å². The lowest BCUT2D eigenvalue weighted by atomic mass is 9.64. The number of nitrogens with one attached hydrogen (secondary N) is 1. The number of aromatic amines is 1. The first kappa shape index (κ1) is 15.4. The quantitative estimate of drug-likeness (QED) is 0.746. The molecule has 25 heavy (non-hydrogen) atoms. The van der Waals surface area contributed by atoms with Gasteiger partial charge in [0.05, 0.1) is 18.1 Å². The number of rotatable bonds is 1. The summed E-state index contributed by atoms with van der Waals surface area (Å²) in [7, 11) is 0. The topological polar surface area (TPSA) is 76.6 Å². The molecule has 0 unspecified atom stereocenters. The Kier molecular flexibility index (Phi) is 3.44.